The van der Waals surface area contributed by atoms with Gasteiger partial charge in [-0.05, 0) is 49.6 Å². The normalized spacial score (nSPS) is 10.7. The van der Waals surface area contributed by atoms with E-state index in [2.05, 4.69) is 10.3 Å². The average molecular weight is 386 g/mol. The number of esters is 1. The first-order chi connectivity index (χ1) is 13.0. The van der Waals surface area contributed by atoms with E-state index >= 15 is 0 Å². The molecule has 0 unspecified atom stereocenters. The van der Waals surface area contributed by atoms with Crippen LogP contribution in [0.2, 0.25) is 0 Å². The molecule has 2 aromatic carbocycles. The second kappa shape index (κ2) is 8.73. The molecule has 1 aromatic heterocycles. The number of aryl methyl sites for hydroxylation is 2. The SMILES string of the molecule is Cc1ccc(NC(=O)COC(=O)CCCc2nc3ccccc3s2)cc1F. The fraction of sp³-hybridized carbons (Fsp3) is 0.250. The van der Waals surface area contributed by atoms with E-state index in [9.17, 15) is 14.0 Å². The number of aromatic nitrogens is 1. The van der Waals surface area contributed by atoms with E-state index in [1.54, 1.807) is 30.4 Å². The van der Waals surface area contributed by atoms with Gasteiger partial charge in [-0.25, -0.2) is 9.37 Å². The van der Waals surface area contributed by atoms with Crippen LogP contribution in [0.1, 0.15) is 23.4 Å². The zero-order valence-electron chi connectivity index (χ0n) is 14.8. The van der Waals surface area contributed by atoms with Gasteiger partial charge in [0.1, 0.15) is 5.82 Å². The molecule has 1 N–H and O–H groups in total. The highest BCUT2D eigenvalue weighted by Gasteiger charge is 2.10. The highest BCUT2D eigenvalue weighted by Crippen LogP contribution is 2.22. The Morgan fingerprint density at radius 3 is 2.81 bits per heavy atom. The summed E-state index contributed by atoms with van der Waals surface area (Å²) in [5.41, 5.74) is 1.78. The van der Waals surface area contributed by atoms with Crippen LogP contribution in [0.4, 0.5) is 10.1 Å². The minimum absolute atomic E-state index is 0.211. The predicted molar refractivity (Wildman–Crippen MR) is 103 cm³/mol. The zero-order chi connectivity index (χ0) is 19.2. The first-order valence-corrected chi connectivity index (χ1v) is 9.39. The maximum absolute atomic E-state index is 13.5. The van der Waals surface area contributed by atoms with Crippen molar-refractivity contribution in [1.82, 2.24) is 4.98 Å². The van der Waals surface area contributed by atoms with Crippen molar-refractivity contribution in [3.63, 3.8) is 0 Å². The Morgan fingerprint density at radius 2 is 2.04 bits per heavy atom. The molecular formula is C20H19FN2O3S. The lowest BCUT2D eigenvalue weighted by molar-refractivity contribution is -0.147. The molecule has 3 aromatic rings. The molecule has 0 aliphatic carbocycles. The first-order valence-electron chi connectivity index (χ1n) is 8.57. The van der Waals surface area contributed by atoms with Crippen molar-refractivity contribution in [2.45, 2.75) is 26.2 Å². The molecular weight excluding hydrogens is 367 g/mol. The van der Waals surface area contributed by atoms with Crippen molar-refractivity contribution < 1.29 is 18.7 Å². The summed E-state index contributed by atoms with van der Waals surface area (Å²) in [5, 5.41) is 3.47. The molecule has 7 heteroatoms. The number of ether oxygens (including phenoxy) is 1. The fourth-order valence-electron chi connectivity index (χ4n) is 2.50. The van der Waals surface area contributed by atoms with E-state index in [0.717, 1.165) is 15.2 Å². The molecule has 0 radical (unpaired) electrons. The number of hydrogen-bond acceptors (Lipinski definition) is 5. The van der Waals surface area contributed by atoms with Crippen molar-refractivity contribution in [1.29, 1.82) is 0 Å². The van der Waals surface area contributed by atoms with Gasteiger partial charge in [0.2, 0.25) is 0 Å². The molecule has 3 rings (SSSR count). The summed E-state index contributed by atoms with van der Waals surface area (Å²) in [6.07, 6.45) is 1.50. The quantitative estimate of drug-likeness (QED) is 0.617. The predicted octanol–water partition coefficient (Wildman–Crippen LogP) is 4.25. The minimum atomic E-state index is -0.502. The number of nitrogens with one attached hydrogen (secondary N) is 1. The van der Waals surface area contributed by atoms with E-state index in [0.29, 0.717) is 24.1 Å². The van der Waals surface area contributed by atoms with Gasteiger partial charge in [-0.15, -0.1) is 11.3 Å². The Balaban J connectivity index is 1.38. The molecule has 0 spiro atoms. The lowest BCUT2D eigenvalue weighted by atomic mass is 10.2. The molecule has 0 atom stereocenters. The monoisotopic (exact) mass is 386 g/mol. The number of nitrogens with zero attached hydrogens (tertiary/aromatic N) is 1. The Morgan fingerprint density at radius 1 is 1.22 bits per heavy atom. The lowest BCUT2D eigenvalue weighted by Gasteiger charge is -2.07. The van der Waals surface area contributed by atoms with E-state index in [1.807, 2.05) is 24.3 Å². The van der Waals surface area contributed by atoms with Gasteiger partial charge in [0.25, 0.3) is 5.91 Å². The molecule has 0 fully saturated rings. The number of amides is 1. The topological polar surface area (TPSA) is 68.3 Å². The Kier molecular flexibility index (Phi) is 6.13. The second-order valence-corrected chi connectivity index (χ2v) is 7.22. The summed E-state index contributed by atoms with van der Waals surface area (Å²) < 4.78 is 19.5. The first kappa shape index (κ1) is 19.0. The summed E-state index contributed by atoms with van der Waals surface area (Å²) in [7, 11) is 0. The van der Waals surface area contributed by atoms with E-state index in [-0.39, 0.29) is 6.42 Å². The fourth-order valence-corrected chi connectivity index (χ4v) is 3.51. The van der Waals surface area contributed by atoms with Gasteiger partial charge in [-0.3, -0.25) is 9.59 Å². The molecule has 0 saturated heterocycles. The van der Waals surface area contributed by atoms with Crippen LogP contribution >= 0.6 is 11.3 Å². The van der Waals surface area contributed by atoms with Crippen LogP contribution in [0.3, 0.4) is 0 Å². The molecule has 5 nitrogen and oxygen atoms in total. The molecule has 1 amide bonds. The van der Waals surface area contributed by atoms with E-state index in [4.69, 9.17) is 4.74 Å². The second-order valence-electron chi connectivity index (χ2n) is 6.10. The minimum Gasteiger partial charge on any atom is -0.456 e. The van der Waals surface area contributed by atoms with Crippen LogP contribution in [-0.2, 0) is 20.7 Å². The largest absolute Gasteiger partial charge is 0.456 e. The zero-order valence-corrected chi connectivity index (χ0v) is 15.6. The lowest BCUT2D eigenvalue weighted by Crippen LogP contribution is -2.21. The van der Waals surface area contributed by atoms with Gasteiger partial charge in [-0.1, -0.05) is 18.2 Å². The van der Waals surface area contributed by atoms with Crippen LogP contribution < -0.4 is 5.32 Å². The van der Waals surface area contributed by atoms with Gasteiger partial charge in [-0.2, -0.15) is 0 Å². The maximum atomic E-state index is 13.5. The standard InChI is InChI=1S/C20H19FN2O3S/c1-13-9-10-14(11-15(13)21)22-18(24)12-26-20(25)8-4-7-19-23-16-5-2-3-6-17(16)27-19/h2-3,5-6,9-11H,4,7-8,12H2,1H3,(H,22,24). The number of thiazole rings is 1. The number of para-hydroxylation sites is 1. The molecule has 0 aliphatic heterocycles. The summed E-state index contributed by atoms with van der Waals surface area (Å²) in [5.74, 6) is -1.35. The molecule has 0 saturated carbocycles. The number of carbonyl (C=O) groups excluding carboxylic acids is 2. The highest BCUT2D eigenvalue weighted by atomic mass is 32.1. The van der Waals surface area contributed by atoms with Gasteiger partial charge >= 0.3 is 5.97 Å². The van der Waals surface area contributed by atoms with E-state index in [1.165, 1.54) is 6.07 Å². The molecule has 0 bridgehead atoms. The van der Waals surface area contributed by atoms with E-state index < -0.39 is 24.3 Å². The molecule has 0 aliphatic rings. The van der Waals surface area contributed by atoms with Gasteiger partial charge in [0.05, 0.1) is 15.2 Å². The third kappa shape index (κ3) is 5.34. The van der Waals surface area contributed by atoms with Crippen molar-refractivity contribution in [2.24, 2.45) is 0 Å². The smallest absolute Gasteiger partial charge is 0.306 e. The van der Waals surface area contributed by atoms with Crippen LogP contribution in [0.25, 0.3) is 10.2 Å². The molecule has 140 valence electrons. The van der Waals surface area contributed by atoms with Gasteiger partial charge in [0.15, 0.2) is 6.61 Å². The van der Waals surface area contributed by atoms with Gasteiger partial charge in [0, 0.05) is 12.1 Å². The Labute approximate surface area is 160 Å². The number of hydrogen-bond donors (Lipinski definition) is 1. The van der Waals surface area contributed by atoms with Crippen LogP contribution in [0.15, 0.2) is 42.5 Å². The Bertz CT molecular complexity index is 938. The summed E-state index contributed by atoms with van der Waals surface area (Å²) in [4.78, 5) is 28.1. The van der Waals surface area contributed by atoms with Gasteiger partial charge < -0.3 is 10.1 Å². The summed E-state index contributed by atoms with van der Waals surface area (Å²) in [6, 6.07) is 12.3. The molecule has 1 heterocycles. The maximum Gasteiger partial charge on any atom is 0.306 e. The van der Waals surface area contributed by atoms with Crippen molar-refractivity contribution >= 4 is 39.1 Å². The summed E-state index contributed by atoms with van der Waals surface area (Å²) >= 11 is 1.61. The number of halogens is 1. The van der Waals surface area contributed by atoms with Crippen molar-refractivity contribution in [2.75, 3.05) is 11.9 Å². The number of anilines is 1. The number of rotatable bonds is 7. The number of fused-ring (bicyclic) bond motifs is 1. The third-order valence-corrected chi connectivity index (χ3v) is 5.03. The summed E-state index contributed by atoms with van der Waals surface area (Å²) in [6.45, 7) is 1.24. The average Bonchev–Trinajstić information content (AvgIpc) is 3.06. The third-order valence-electron chi connectivity index (χ3n) is 3.93. The number of carbonyl (C=O) groups is 2. The van der Waals surface area contributed by atoms with Crippen molar-refractivity contribution in [3.05, 3.63) is 58.9 Å². The van der Waals surface area contributed by atoms with Crippen molar-refractivity contribution in [3.8, 4) is 0 Å². The van der Waals surface area contributed by atoms with Crippen LogP contribution in [0.5, 0.6) is 0 Å². The Hall–Kier alpha value is -2.80. The number of benzene rings is 2. The van der Waals surface area contributed by atoms with Crippen LogP contribution in [-0.4, -0.2) is 23.5 Å². The molecule has 27 heavy (non-hydrogen) atoms. The highest BCUT2D eigenvalue weighted by molar-refractivity contribution is 7.18. The van der Waals surface area contributed by atoms with Crippen LogP contribution in [0, 0.1) is 12.7 Å².